The topological polar surface area (TPSA) is 17.3 Å². The lowest BCUT2D eigenvalue weighted by Crippen LogP contribution is -1.90. The molecule has 182 valence electrons. The molecule has 2 heteroatoms. The van der Waals surface area contributed by atoms with Crippen molar-refractivity contribution >= 4 is 38.0 Å². The molecule has 0 amide bonds. The van der Waals surface area contributed by atoms with Gasteiger partial charge >= 0.3 is 0 Å². The van der Waals surface area contributed by atoms with E-state index in [0.717, 1.165) is 16.9 Å². The molecule has 0 radical (unpaired) electrons. The summed E-state index contributed by atoms with van der Waals surface area (Å²) >= 11 is 0. The third-order valence-corrected chi connectivity index (χ3v) is 7.78. The number of nitrogens with zero attached hydrogens (tertiary/aromatic N) is 2. The van der Waals surface area contributed by atoms with Crippen LogP contribution in [0, 0.1) is 0 Å². The molecule has 0 spiro atoms. The summed E-state index contributed by atoms with van der Waals surface area (Å²) in [5.41, 5.74) is 8.13. The summed E-state index contributed by atoms with van der Waals surface area (Å²) in [5, 5.41) is 7.54. The molecule has 2 nitrogen and oxygen atoms in total. The van der Waals surface area contributed by atoms with Crippen molar-refractivity contribution in [3.63, 3.8) is 0 Å². The Morgan fingerprint density at radius 2 is 0.974 bits per heavy atom. The zero-order valence-electron chi connectivity index (χ0n) is 21.3. The van der Waals surface area contributed by atoms with E-state index in [1.165, 1.54) is 54.6 Å². The van der Waals surface area contributed by atoms with Crippen LogP contribution in [0.2, 0.25) is 0 Å². The van der Waals surface area contributed by atoms with Crippen molar-refractivity contribution in [2.24, 2.45) is 0 Å². The summed E-state index contributed by atoms with van der Waals surface area (Å²) in [6, 6.07) is 48.0. The fraction of sp³-hybridized carbons (Fsp3) is 0. The Balaban J connectivity index is 1.34. The van der Waals surface area contributed by atoms with Crippen LogP contribution in [-0.2, 0) is 0 Å². The molecule has 8 aromatic rings. The largest absolute Gasteiger partial charge is 0.306 e. The second-order valence-electron chi connectivity index (χ2n) is 10.1. The minimum Gasteiger partial charge on any atom is -0.306 e. The average molecular weight is 497 g/mol. The van der Waals surface area contributed by atoms with Gasteiger partial charge in [-0.1, -0.05) is 109 Å². The Kier molecular flexibility index (Phi) is 4.86. The molecule has 0 unspecified atom stereocenters. The van der Waals surface area contributed by atoms with Gasteiger partial charge in [-0.05, 0) is 78.8 Å². The van der Waals surface area contributed by atoms with Crippen LogP contribution < -0.4 is 0 Å². The number of hydrogen-bond acceptors (Lipinski definition) is 1. The van der Waals surface area contributed by atoms with Gasteiger partial charge in [0.25, 0.3) is 0 Å². The minimum absolute atomic E-state index is 0.959. The summed E-state index contributed by atoms with van der Waals surface area (Å²) < 4.78 is 2.07. The molecule has 0 fully saturated rings. The maximum Gasteiger partial charge on any atom is 0.137 e. The van der Waals surface area contributed by atoms with E-state index in [-0.39, 0.29) is 0 Å². The monoisotopic (exact) mass is 496 g/mol. The molecule has 0 saturated heterocycles. The van der Waals surface area contributed by atoms with E-state index in [0.29, 0.717) is 0 Å². The standard InChI is InChI=1S/C37H24N2/c1-2-10-25(11-3-1)36-30-12-4-6-14-32(30)37(33-15-7-5-13-31(33)36)29-20-18-26-22-28(19-17-27(26)23-29)34-24-39-21-9-8-16-35(39)38-34/h1-24H. The Bertz CT molecular complexity index is 2080. The molecule has 0 N–H and O–H groups in total. The number of rotatable bonds is 3. The van der Waals surface area contributed by atoms with Crippen LogP contribution in [0.5, 0.6) is 0 Å². The highest BCUT2D eigenvalue weighted by Gasteiger charge is 2.16. The first-order valence-corrected chi connectivity index (χ1v) is 13.3. The lowest BCUT2D eigenvalue weighted by molar-refractivity contribution is 1.19. The Labute approximate surface area is 226 Å². The van der Waals surface area contributed by atoms with Crippen LogP contribution in [-0.4, -0.2) is 9.38 Å². The molecule has 2 heterocycles. The number of aromatic nitrogens is 2. The third kappa shape index (κ3) is 3.53. The van der Waals surface area contributed by atoms with Crippen molar-refractivity contribution in [3.8, 4) is 33.5 Å². The number of imidazole rings is 1. The molecule has 6 aromatic carbocycles. The van der Waals surface area contributed by atoms with Gasteiger partial charge in [0.15, 0.2) is 0 Å². The summed E-state index contributed by atoms with van der Waals surface area (Å²) in [7, 11) is 0. The molecule has 0 aliphatic heterocycles. The van der Waals surface area contributed by atoms with Crippen LogP contribution in [0.15, 0.2) is 146 Å². The summed E-state index contributed by atoms with van der Waals surface area (Å²) in [6.45, 7) is 0. The van der Waals surface area contributed by atoms with Crippen LogP contribution in [0.1, 0.15) is 0 Å². The lowest BCUT2D eigenvalue weighted by Gasteiger charge is -2.18. The first-order chi connectivity index (χ1) is 19.3. The second-order valence-corrected chi connectivity index (χ2v) is 10.1. The molecule has 0 saturated carbocycles. The zero-order valence-corrected chi connectivity index (χ0v) is 21.3. The fourth-order valence-corrected chi connectivity index (χ4v) is 5.99. The fourth-order valence-electron chi connectivity index (χ4n) is 5.99. The van der Waals surface area contributed by atoms with E-state index in [9.17, 15) is 0 Å². The summed E-state index contributed by atoms with van der Waals surface area (Å²) in [6.07, 6.45) is 4.13. The quantitative estimate of drug-likeness (QED) is 0.223. The lowest BCUT2D eigenvalue weighted by atomic mass is 9.85. The Morgan fingerprint density at radius 1 is 0.436 bits per heavy atom. The predicted molar refractivity (Wildman–Crippen MR) is 164 cm³/mol. The van der Waals surface area contributed by atoms with Gasteiger partial charge in [-0.3, -0.25) is 0 Å². The van der Waals surface area contributed by atoms with E-state index in [2.05, 4.69) is 126 Å². The van der Waals surface area contributed by atoms with Gasteiger partial charge in [0.05, 0.1) is 5.69 Å². The highest BCUT2D eigenvalue weighted by Crippen LogP contribution is 2.44. The van der Waals surface area contributed by atoms with Crippen molar-refractivity contribution in [1.82, 2.24) is 9.38 Å². The van der Waals surface area contributed by atoms with E-state index in [1.807, 2.05) is 24.4 Å². The van der Waals surface area contributed by atoms with E-state index < -0.39 is 0 Å². The molecular weight excluding hydrogens is 472 g/mol. The van der Waals surface area contributed by atoms with Crippen molar-refractivity contribution < 1.29 is 0 Å². The second kappa shape index (κ2) is 8.68. The predicted octanol–water partition coefficient (Wildman–Crippen LogP) is 9.79. The number of benzene rings is 6. The normalized spacial score (nSPS) is 11.6. The molecule has 0 atom stereocenters. The van der Waals surface area contributed by atoms with Crippen LogP contribution in [0.25, 0.3) is 71.5 Å². The van der Waals surface area contributed by atoms with E-state index in [4.69, 9.17) is 4.98 Å². The maximum absolute atomic E-state index is 4.82. The van der Waals surface area contributed by atoms with Gasteiger partial charge in [0.1, 0.15) is 5.65 Å². The first-order valence-electron chi connectivity index (χ1n) is 13.3. The van der Waals surface area contributed by atoms with Crippen molar-refractivity contribution in [1.29, 1.82) is 0 Å². The average Bonchev–Trinajstić information content (AvgIpc) is 3.44. The smallest absolute Gasteiger partial charge is 0.137 e. The van der Waals surface area contributed by atoms with Gasteiger partial charge in [0.2, 0.25) is 0 Å². The highest BCUT2D eigenvalue weighted by molar-refractivity contribution is 6.21. The Morgan fingerprint density at radius 3 is 1.62 bits per heavy atom. The summed E-state index contributed by atoms with van der Waals surface area (Å²) in [5.74, 6) is 0. The third-order valence-electron chi connectivity index (χ3n) is 7.78. The number of fused-ring (bicyclic) bond motifs is 4. The van der Waals surface area contributed by atoms with Gasteiger partial charge in [0, 0.05) is 18.0 Å². The number of pyridine rings is 1. The maximum atomic E-state index is 4.82. The van der Waals surface area contributed by atoms with Gasteiger partial charge in [-0.2, -0.15) is 0 Å². The summed E-state index contributed by atoms with van der Waals surface area (Å²) in [4.78, 5) is 4.82. The van der Waals surface area contributed by atoms with E-state index >= 15 is 0 Å². The first kappa shape index (κ1) is 21.8. The van der Waals surface area contributed by atoms with Crippen molar-refractivity contribution in [2.45, 2.75) is 0 Å². The van der Waals surface area contributed by atoms with Crippen molar-refractivity contribution in [3.05, 3.63) is 146 Å². The molecule has 39 heavy (non-hydrogen) atoms. The van der Waals surface area contributed by atoms with Gasteiger partial charge in [-0.25, -0.2) is 4.98 Å². The zero-order chi connectivity index (χ0) is 25.8. The van der Waals surface area contributed by atoms with Gasteiger partial charge < -0.3 is 4.40 Å². The van der Waals surface area contributed by atoms with Crippen LogP contribution in [0.3, 0.4) is 0 Å². The Hall–Kier alpha value is -5.21. The molecule has 0 bridgehead atoms. The molecular formula is C37H24N2. The van der Waals surface area contributed by atoms with Crippen molar-refractivity contribution in [2.75, 3.05) is 0 Å². The molecule has 0 aliphatic carbocycles. The minimum atomic E-state index is 0.959. The SMILES string of the molecule is c1ccc(-c2c3ccccc3c(-c3ccc4cc(-c5cn6ccccc6n5)ccc4c3)c3ccccc23)cc1. The van der Waals surface area contributed by atoms with Crippen LogP contribution in [0.4, 0.5) is 0 Å². The van der Waals surface area contributed by atoms with Crippen LogP contribution >= 0.6 is 0 Å². The number of hydrogen-bond donors (Lipinski definition) is 0. The van der Waals surface area contributed by atoms with E-state index in [1.54, 1.807) is 0 Å². The van der Waals surface area contributed by atoms with Gasteiger partial charge in [-0.15, -0.1) is 0 Å². The molecule has 0 aliphatic rings. The molecule has 2 aromatic heterocycles. The highest BCUT2D eigenvalue weighted by atomic mass is 15.0. The molecule has 8 rings (SSSR count).